The Labute approximate surface area is 70.2 Å². The summed E-state index contributed by atoms with van der Waals surface area (Å²) in [7, 11) is 0. The molecule has 12 heavy (non-hydrogen) atoms. The van der Waals surface area contributed by atoms with Gasteiger partial charge in [0, 0.05) is 6.42 Å². The van der Waals surface area contributed by atoms with E-state index >= 15 is 0 Å². The van der Waals surface area contributed by atoms with Crippen molar-refractivity contribution >= 4 is 5.78 Å². The quantitative estimate of drug-likeness (QED) is 0.575. The lowest BCUT2D eigenvalue weighted by Gasteiger charge is -2.14. The molecule has 0 bridgehead atoms. The fraction of sp³-hybridized carbons (Fsp3) is 0.300. The Morgan fingerprint density at radius 2 is 2.08 bits per heavy atom. The normalized spacial score (nSPS) is 15.9. The number of hydrogen-bond donors (Lipinski definition) is 0. The van der Waals surface area contributed by atoms with E-state index in [0.717, 1.165) is 18.4 Å². The standard InChI is InChI=1S/C10H9FO/c11-8-5-1-3-7-4-2-6-9(12)10(7)8/h1,3,5H,2,4,6H2. The molecule has 0 aromatic heterocycles. The van der Waals surface area contributed by atoms with Gasteiger partial charge in [0.15, 0.2) is 5.78 Å². The van der Waals surface area contributed by atoms with Gasteiger partial charge in [-0.15, -0.1) is 0 Å². The topological polar surface area (TPSA) is 17.1 Å². The zero-order valence-electron chi connectivity index (χ0n) is 6.64. The van der Waals surface area contributed by atoms with Crippen LogP contribution in [0.5, 0.6) is 0 Å². The highest BCUT2D eigenvalue weighted by Gasteiger charge is 2.19. The highest BCUT2D eigenvalue weighted by Crippen LogP contribution is 2.23. The van der Waals surface area contributed by atoms with Crippen LogP contribution in [0.1, 0.15) is 28.8 Å². The van der Waals surface area contributed by atoms with Gasteiger partial charge in [0.2, 0.25) is 0 Å². The van der Waals surface area contributed by atoms with Gasteiger partial charge in [-0.25, -0.2) is 4.39 Å². The first kappa shape index (κ1) is 7.47. The second-order valence-electron chi connectivity index (χ2n) is 3.05. The summed E-state index contributed by atoms with van der Waals surface area (Å²) >= 11 is 0. The molecule has 0 heterocycles. The van der Waals surface area contributed by atoms with Crippen molar-refractivity contribution in [3.05, 3.63) is 35.1 Å². The Morgan fingerprint density at radius 1 is 1.25 bits per heavy atom. The SMILES string of the molecule is O=C1CCCc2cccc(F)c21. The van der Waals surface area contributed by atoms with Crippen LogP contribution >= 0.6 is 0 Å². The maximum Gasteiger partial charge on any atom is 0.166 e. The number of carbonyl (C=O) groups excluding carboxylic acids is 1. The molecule has 1 aromatic carbocycles. The van der Waals surface area contributed by atoms with Crippen LogP contribution in [0, 0.1) is 5.82 Å². The highest BCUT2D eigenvalue weighted by molar-refractivity contribution is 5.98. The van der Waals surface area contributed by atoms with E-state index in [9.17, 15) is 9.18 Å². The molecule has 0 fully saturated rings. The van der Waals surface area contributed by atoms with E-state index < -0.39 is 0 Å². The van der Waals surface area contributed by atoms with Gasteiger partial charge in [-0.1, -0.05) is 12.1 Å². The molecule has 0 spiro atoms. The van der Waals surface area contributed by atoms with Crippen LogP contribution in [-0.2, 0) is 6.42 Å². The fourth-order valence-corrected chi connectivity index (χ4v) is 1.65. The summed E-state index contributed by atoms with van der Waals surface area (Å²) in [4.78, 5) is 11.3. The number of rotatable bonds is 0. The van der Waals surface area contributed by atoms with Gasteiger partial charge in [0.1, 0.15) is 5.82 Å². The van der Waals surface area contributed by atoms with Gasteiger partial charge in [0.05, 0.1) is 5.56 Å². The van der Waals surface area contributed by atoms with Crippen LogP contribution in [0.15, 0.2) is 18.2 Å². The molecular weight excluding hydrogens is 155 g/mol. The van der Waals surface area contributed by atoms with Crippen LogP contribution in [0.25, 0.3) is 0 Å². The molecule has 1 aliphatic rings. The zero-order chi connectivity index (χ0) is 8.55. The van der Waals surface area contributed by atoms with Gasteiger partial charge in [-0.3, -0.25) is 4.79 Å². The fourth-order valence-electron chi connectivity index (χ4n) is 1.65. The molecule has 2 rings (SSSR count). The van der Waals surface area contributed by atoms with Crippen molar-refractivity contribution in [3.8, 4) is 0 Å². The first-order chi connectivity index (χ1) is 5.79. The van der Waals surface area contributed by atoms with Crippen LogP contribution in [0.2, 0.25) is 0 Å². The summed E-state index contributed by atoms with van der Waals surface area (Å²) in [6, 6.07) is 4.84. The van der Waals surface area contributed by atoms with Crippen molar-refractivity contribution in [3.63, 3.8) is 0 Å². The molecule has 0 N–H and O–H groups in total. The number of fused-ring (bicyclic) bond motifs is 1. The molecule has 0 saturated heterocycles. The van der Waals surface area contributed by atoms with Crippen molar-refractivity contribution in [1.82, 2.24) is 0 Å². The van der Waals surface area contributed by atoms with Crippen LogP contribution in [0.4, 0.5) is 4.39 Å². The predicted molar refractivity (Wildman–Crippen MR) is 43.7 cm³/mol. The van der Waals surface area contributed by atoms with E-state index in [-0.39, 0.29) is 11.6 Å². The van der Waals surface area contributed by atoms with E-state index in [1.165, 1.54) is 6.07 Å². The zero-order valence-corrected chi connectivity index (χ0v) is 6.64. The molecular formula is C10H9FO. The molecule has 0 unspecified atom stereocenters. The van der Waals surface area contributed by atoms with Gasteiger partial charge in [0.25, 0.3) is 0 Å². The Hall–Kier alpha value is -1.18. The number of ketones is 1. The maximum absolute atomic E-state index is 13.1. The Morgan fingerprint density at radius 3 is 2.83 bits per heavy atom. The number of Topliss-reactive ketones (excluding diaryl/α,β-unsaturated/α-hetero) is 1. The van der Waals surface area contributed by atoms with E-state index in [1.54, 1.807) is 6.07 Å². The minimum atomic E-state index is -0.364. The van der Waals surface area contributed by atoms with E-state index in [4.69, 9.17) is 0 Å². The van der Waals surface area contributed by atoms with Crippen LogP contribution < -0.4 is 0 Å². The molecule has 1 aliphatic carbocycles. The van der Waals surface area contributed by atoms with Gasteiger partial charge in [-0.05, 0) is 24.5 Å². The number of aryl methyl sites for hydroxylation is 1. The molecule has 62 valence electrons. The first-order valence-electron chi connectivity index (χ1n) is 4.09. The largest absolute Gasteiger partial charge is 0.294 e. The van der Waals surface area contributed by atoms with E-state index in [1.807, 2.05) is 6.07 Å². The Bertz CT molecular complexity index is 331. The number of hydrogen-bond acceptors (Lipinski definition) is 1. The third kappa shape index (κ3) is 1.04. The minimum Gasteiger partial charge on any atom is -0.294 e. The average molecular weight is 164 g/mol. The molecule has 0 saturated carbocycles. The highest BCUT2D eigenvalue weighted by atomic mass is 19.1. The lowest BCUT2D eigenvalue weighted by molar-refractivity contribution is 0.0968. The van der Waals surface area contributed by atoms with Gasteiger partial charge >= 0.3 is 0 Å². The van der Waals surface area contributed by atoms with Crippen molar-refractivity contribution in [1.29, 1.82) is 0 Å². The number of carbonyl (C=O) groups is 1. The van der Waals surface area contributed by atoms with Crippen molar-refractivity contribution in [2.75, 3.05) is 0 Å². The predicted octanol–water partition coefficient (Wildman–Crippen LogP) is 2.34. The molecule has 0 radical (unpaired) electrons. The van der Waals surface area contributed by atoms with Crippen LogP contribution in [0.3, 0.4) is 0 Å². The second-order valence-corrected chi connectivity index (χ2v) is 3.05. The summed E-state index contributed by atoms with van der Waals surface area (Å²) in [5.41, 5.74) is 1.19. The second kappa shape index (κ2) is 2.70. The molecule has 0 atom stereocenters. The summed E-state index contributed by atoms with van der Waals surface area (Å²) in [5, 5.41) is 0. The van der Waals surface area contributed by atoms with E-state index in [2.05, 4.69) is 0 Å². The number of halogens is 1. The molecule has 0 aliphatic heterocycles. The molecule has 1 nitrogen and oxygen atoms in total. The minimum absolute atomic E-state index is 0.0469. The molecule has 1 aromatic rings. The van der Waals surface area contributed by atoms with Crippen molar-refractivity contribution in [2.24, 2.45) is 0 Å². The third-order valence-electron chi connectivity index (χ3n) is 2.23. The average Bonchev–Trinajstić information content (AvgIpc) is 2.04. The third-order valence-corrected chi connectivity index (χ3v) is 2.23. The monoisotopic (exact) mass is 164 g/mol. The Kier molecular flexibility index (Phi) is 1.68. The summed E-state index contributed by atoms with van der Waals surface area (Å²) in [6.07, 6.45) is 2.18. The summed E-state index contributed by atoms with van der Waals surface area (Å²) < 4.78 is 13.1. The maximum atomic E-state index is 13.1. The number of benzene rings is 1. The van der Waals surface area contributed by atoms with Crippen molar-refractivity contribution in [2.45, 2.75) is 19.3 Å². The lowest BCUT2D eigenvalue weighted by atomic mass is 9.90. The summed E-state index contributed by atoms with van der Waals surface area (Å²) in [6.45, 7) is 0. The Balaban J connectivity index is 2.60. The van der Waals surface area contributed by atoms with Gasteiger partial charge < -0.3 is 0 Å². The summed E-state index contributed by atoms with van der Waals surface area (Å²) in [5.74, 6) is -0.411. The van der Waals surface area contributed by atoms with Crippen LogP contribution in [-0.4, -0.2) is 5.78 Å². The lowest BCUT2D eigenvalue weighted by Crippen LogP contribution is -2.12. The molecule has 2 heteroatoms. The van der Waals surface area contributed by atoms with Gasteiger partial charge in [-0.2, -0.15) is 0 Å². The first-order valence-corrected chi connectivity index (χ1v) is 4.09. The smallest absolute Gasteiger partial charge is 0.166 e. The molecule has 0 amide bonds. The van der Waals surface area contributed by atoms with Crippen molar-refractivity contribution < 1.29 is 9.18 Å². The van der Waals surface area contributed by atoms with E-state index in [0.29, 0.717) is 12.0 Å².